The zero-order valence-electron chi connectivity index (χ0n) is 17.7. The number of hydrogen-bond acceptors (Lipinski definition) is 6. The van der Waals surface area contributed by atoms with Crippen molar-refractivity contribution in [3.63, 3.8) is 0 Å². The molecule has 1 aliphatic heterocycles. The third-order valence-corrected chi connectivity index (χ3v) is 10.5. The molecular weight excluding hydrogens is 458 g/mol. The summed E-state index contributed by atoms with van der Waals surface area (Å²) in [7, 11) is -4.22. The van der Waals surface area contributed by atoms with Gasteiger partial charge in [0.25, 0.3) is 10.0 Å². The van der Waals surface area contributed by atoms with Crippen LogP contribution in [0.25, 0.3) is 0 Å². The van der Waals surface area contributed by atoms with E-state index in [4.69, 9.17) is 0 Å². The van der Waals surface area contributed by atoms with Crippen molar-refractivity contribution in [2.45, 2.75) is 35.4 Å². The van der Waals surface area contributed by atoms with Crippen molar-refractivity contribution < 1.29 is 21.6 Å². The van der Waals surface area contributed by atoms with E-state index in [-0.39, 0.29) is 28.1 Å². The maximum absolute atomic E-state index is 12.9. The fourth-order valence-corrected chi connectivity index (χ4v) is 7.31. The zero-order chi connectivity index (χ0) is 22.8. The van der Waals surface area contributed by atoms with Crippen molar-refractivity contribution in [2.24, 2.45) is 5.92 Å². The molecule has 8 nitrogen and oxygen atoms in total. The Morgan fingerprint density at radius 1 is 1.13 bits per heavy atom. The van der Waals surface area contributed by atoms with E-state index < -0.39 is 26.0 Å². The molecule has 0 unspecified atom stereocenters. The van der Waals surface area contributed by atoms with Crippen LogP contribution in [0.2, 0.25) is 0 Å². The van der Waals surface area contributed by atoms with Gasteiger partial charge in [0.1, 0.15) is 4.21 Å². The van der Waals surface area contributed by atoms with Crippen molar-refractivity contribution in [2.75, 3.05) is 27.2 Å². The number of amides is 1. The first-order valence-electron chi connectivity index (χ1n) is 9.87. The maximum Gasteiger partial charge on any atom is 0.252 e. The van der Waals surface area contributed by atoms with Crippen LogP contribution in [-0.4, -0.2) is 58.5 Å². The van der Waals surface area contributed by atoms with Crippen LogP contribution in [0.5, 0.6) is 0 Å². The highest BCUT2D eigenvalue weighted by atomic mass is 32.2. The van der Waals surface area contributed by atoms with Gasteiger partial charge in [-0.25, -0.2) is 21.1 Å². The van der Waals surface area contributed by atoms with E-state index in [1.54, 1.807) is 30.3 Å². The lowest BCUT2D eigenvalue weighted by Crippen LogP contribution is -2.45. The van der Waals surface area contributed by atoms with Crippen LogP contribution in [0, 0.1) is 12.8 Å². The molecule has 31 heavy (non-hydrogen) atoms. The fraction of sp³-hybridized carbons (Fsp3) is 0.450. The average molecular weight is 486 g/mol. The highest BCUT2D eigenvalue weighted by Gasteiger charge is 2.33. The minimum Gasteiger partial charge on any atom is -0.351 e. The van der Waals surface area contributed by atoms with Crippen LogP contribution in [0.3, 0.4) is 0 Å². The van der Waals surface area contributed by atoms with Crippen molar-refractivity contribution in [1.29, 1.82) is 0 Å². The van der Waals surface area contributed by atoms with Gasteiger partial charge in [0.15, 0.2) is 0 Å². The molecule has 1 saturated heterocycles. The highest BCUT2D eigenvalue weighted by Crippen LogP contribution is 2.26. The van der Waals surface area contributed by atoms with E-state index in [1.807, 2.05) is 6.92 Å². The molecule has 170 valence electrons. The molecule has 1 N–H and O–H groups in total. The summed E-state index contributed by atoms with van der Waals surface area (Å²) in [5.41, 5.74) is 0.977. The van der Waals surface area contributed by atoms with Gasteiger partial charge in [-0.2, -0.15) is 4.31 Å². The lowest BCUT2D eigenvalue weighted by atomic mass is 9.99. The molecular formula is C20H27N3O5S3. The van der Waals surface area contributed by atoms with Crippen LogP contribution in [0.15, 0.2) is 45.5 Å². The predicted molar refractivity (Wildman–Crippen MR) is 120 cm³/mol. The Bertz CT molecular complexity index is 1140. The normalized spacial score (nSPS) is 18.3. The number of piperidine rings is 1. The molecule has 11 heteroatoms. The molecule has 0 bridgehead atoms. The van der Waals surface area contributed by atoms with Gasteiger partial charge >= 0.3 is 0 Å². The first-order chi connectivity index (χ1) is 14.5. The van der Waals surface area contributed by atoms with Crippen LogP contribution in [0.1, 0.15) is 23.3 Å². The third kappa shape index (κ3) is 5.35. The van der Waals surface area contributed by atoms with Gasteiger partial charge in [-0.15, -0.1) is 11.3 Å². The first kappa shape index (κ1) is 23.9. The van der Waals surface area contributed by atoms with Gasteiger partial charge in [-0.05, 0) is 44.0 Å². The number of sulfonamides is 2. The van der Waals surface area contributed by atoms with Crippen LogP contribution in [0.4, 0.5) is 0 Å². The second kappa shape index (κ2) is 9.37. The largest absolute Gasteiger partial charge is 0.351 e. The van der Waals surface area contributed by atoms with E-state index >= 15 is 0 Å². The molecule has 2 aromatic rings. The van der Waals surface area contributed by atoms with Gasteiger partial charge in [-0.3, -0.25) is 4.79 Å². The highest BCUT2D eigenvalue weighted by molar-refractivity contribution is 7.91. The van der Waals surface area contributed by atoms with Crippen LogP contribution < -0.4 is 5.32 Å². The summed E-state index contributed by atoms with van der Waals surface area (Å²) in [6.45, 7) is 2.61. The van der Waals surface area contributed by atoms with Gasteiger partial charge < -0.3 is 5.32 Å². The average Bonchev–Trinajstić information content (AvgIpc) is 3.22. The number of aryl methyl sites for hydroxylation is 1. The number of rotatable bonds is 7. The standard InChI is InChI=1S/C20H27N3O5S3/c1-15-6-9-18(10-7-15)30(25,26)23-12-4-5-16(14-23)20(24)21-13-17-8-11-19(29-17)31(27,28)22(2)3/h6-11,16H,4-5,12-14H2,1-3H3,(H,21,24)/t16-/m0/s1. The minimum absolute atomic E-state index is 0.132. The zero-order valence-corrected chi connectivity index (χ0v) is 20.2. The number of benzene rings is 1. The Morgan fingerprint density at radius 2 is 1.81 bits per heavy atom. The van der Waals surface area contributed by atoms with E-state index in [2.05, 4.69) is 5.32 Å². The number of nitrogens with one attached hydrogen (secondary N) is 1. The molecule has 0 radical (unpaired) electrons. The Labute approximate surface area is 188 Å². The second-order valence-corrected chi connectivity index (χ2v) is 13.2. The predicted octanol–water partition coefficient (Wildman–Crippen LogP) is 2.02. The third-order valence-electron chi connectivity index (χ3n) is 5.22. The second-order valence-electron chi connectivity index (χ2n) is 7.74. The summed E-state index contributed by atoms with van der Waals surface area (Å²) >= 11 is 1.11. The molecule has 1 fully saturated rings. The van der Waals surface area contributed by atoms with E-state index in [0.29, 0.717) is 24.3 Å². The molecule has 1 amide bonds. The van der Waals surface area contributed by atoms with Gasteiger partial charge in [0, 0.05) is 32.1 Å². The topological polar surface area (TPSA) is 104 Å². The minimum atomic E-state index is -3.65. The Hall–Kier alpha value is -1.79. The summed E-state index contributed by atoms with van der Waals surface area (Å²) in [5, 5.41) is 2.82. The van der Waals surface area contributed by atoms with Crippen molar-refractivity contribution in [3.8, 4) is 0 Å². The van der Waals surface area contributed by atoms with Crippen LogP contribution in [-0.2, 0) is 31.4 Å². The van der Waals surface area contributed by atoms with E-state index in [0.717, 1.165) is 21.2 Å². The Balaban J connectivity index is 1.63. The fourth-order valence-electron chi connectivity index (χ4n) is 3.32. The molecule has 0 saturated carbocycles. The molecule has 1 aromatic heterocycles. The first-order valence-corrected chi connectivity index (χ1v) is 13.6. The Kier molecular flexibility index (Phi) is 7.21. The molecule has 3 rings (SSSR count). The summed E-state index contributed by atoms with van der Waals surface area (Å²) in [4.78, 5) is 13.6. The molecule has 1 aliphatic rings. The summed E-state index contributed by atoms with van der Waals surface area (Å²) in [6, 6.07) is 9.89. The number of nitrogens with zero attached hydrogens (tertiary/aromatic N) is 2. The van der Waals surface area contributed by atoms with Gasteiger partial charge in [0.2, 0.25) is 15.9 Å². The summed E-state index contributed by atoms with van der Waals surface area (Å²) in [6.07, 6.45) is 1.21. The molecule has 1 atom stereocenters. The Morgan fingerprint density at radius 3 is 2.45 bits per heavy atom. The van der Waals surface area contributed by atoms with Crippen molar-refractivity contribution >= 4 is 37.3 Å². The number of carbonyl (C=O) groups excluding carboxylic acids is 1. The molecule has 1 aromatic carbocycles. The molecule has 0 aliphatic carbocycles. The number of carbonyl (C=O) groups is 1. The number of thiophene rings is 1. The summed E-state index contributed by atoms with van der Waals surface area (Å²) < 4.78 is 53.0. The number of hydrogen-bond donors (Lipinski definition) is 1. The lowest BCUT2D eigenvalue weighted by molar-refractivity contribution is -0.126. The lowest BCUT2D eigenvalue weighted by Gasteiger charge is -2.31. The molecule has 0 spiro atoms. The quantitative estimate of drug-likeness (QED) is 0.646. The monoisotopic (exact) mass is 485 g/mol. The van der Waals surface area contributed by atoms with Gasteiger partial charge in [-0.1, -0.05) is 17.7 Å². The van der Waals surface area contributed by atoms with E-state index in [1.165, 1.54) is 24.5 Å². The smallest absolute Gasteiger partial charge is 0.252 e. The molecule has 2 heterocycles. The van der Waals surface area contributed by atoms with Crippen molar-refractivity contribution in [1.82, 2.24) is 13.9 Å². The summed E-state index contributed by atoms with van der Waals surface area (Å²) in [5.74, 6) is -0.673. The van der Waals surface area contributed by atoms with Gasteiger partial charge in [0.05, 0.1) is 17.4 Å². The van der Waals surface area contributed by atoms with Crippen molar-refractivity contribution in [3.05, 3.63) is 46.8 Å². The van der Waals surface area contributed by atoms with E-state index in [9.17, 15) is 21.6 Å². The SMILES string of the molecule is Cc1ccc(S(=O)(=O)N2CCC[C@H](C(=O)NCc3ccc(S(=O)(=O)N(C)C)s3)C2)cc1. The maximum atomic E-state index is 12.9. The van der Waals surface area contributed by atoms with Crippen LogP contribution >= 0.6 is 11.3 Å².